The van der Waals surface area contributed by atoms with E-state index < -0.39 is 16.4 Å². The molecule has 1 saturated heterocycles. The lowest BCUT2D eigenvalue weighted by Gasteiger charge is -2.31. The van der Waals surface area contributed by atoms with Gasteiger partial charge in [0.1, 0.15) is 5.75 Å². The molecule has 2 aromatic carbocycles. The molecule has 0 bridgehead atoms. The fourth-order valence-electron chi connectivity index (χ4n) is 3.44. The third-order valence-electron chi connectivity index (χ3n) is 5.00. The number of nitro benzene ring substituents is 1. The predicted molar refractivity (Wildman–Crippen MR) is 105 cm³/mol. The SMILES string of the molecule is COc1cc(CN2CC[NH+](C/C=C/c3ccccc3)CC2)cc([N+](=O)[O-])c1[O-]. The van der Waals surface area contributed by atoms with Gasteiger partial charge in [-0.2, -0.15) is 0 Å². The molecule has 0 radical (unpaired) electrons. The molecule has 1 aliphatic rings. The fourth-order valence-corrected chi connectivity index (χ4v) is 3.44. The summed E-state index contributed by atoms with van der Waals surface area (Å²) in [6.45, 7) is 5.39. The molecule has 1 aliphatic heterocycles. The van der Waals surface area contributed by atoms with E-state index in [1.807, 2.05) is 18.2 Å². The number of hydrogen-bond donors (Lipinski definition) is 1. The second-order valence-corrected chi connectivity index (χ2v) is 6.95. The smallest absolute Gasteiger partial charge is 0.265 e. The molecule has 1 heterocycles. The quantitative estimate of drug-likeness (QED) is 0.572. The topological polar surface area (TPSA) is 83.1 Å². The molecular weight excluding hydrogens is 358 g/mol. The molecule has 1 N–H and O–H groups in total. The average Bonchev–Trinajstić information content (AvgIpc) is 2.71. The van der Waals surface area contributed by atoms with Crippen LogP contribution in [0.5, 0.6) is 11.5 Å². The second-order valence-electron chi connectivity index (χ2n) is 6.95. The number of methoxy groups -OCH3 is 1. The van der Waals surface area contributed by atoms with Crippen LogP contribution in [-0.2, 0) is 6.54 Å². The van der Waals surface area contributed by atoms with Crippen LogP contribution in [0.25, 0.3) is 6.08 Å². The summed E-state index contributed by atoms with van der Waals surface area (Å²) in [5, 5.41) is 23.0. The van der Waals surface area contributed by atoms with E-state index in [0.29, 0.717) is 6.54 Å². The first-order valence-corrected chi connectivity index (χ1v) is 9.36. The minimum Gasteiger partial charge on any atom is -0.865 e. The van der Waals surface area contributed by atoms with Gasteiger partial charge < -0.3 is 14.7 Å². The second kappa shape index (κ2) is 9.34. The Kier molecular flexibility index (Phi) is 6.62. The van der Waals surface area contributed by atoms with Gasteiger partial charge in [0, 0.05) is 31.5 Å². The summed E-state index contributed by atoms with van der Waals surface area (Å²) < 4.78 is 5.02. The molecule has 0 unspecified atom stereocenters. The summed E-state index contributed by atoms with van der Waals surface area (Å²) in [7, 11) is 1.36. The van der Waals surface area contributed by atoms with Crippen LogP contribution < -0.4 is 14.7 Å². The van der Waals surface area contributed by atoms with Crippen molar-refractivity contribution in [3.8, 4) is 11.5 Å². The number of piperazine rings is 1. The van der Waals surface area contributed by atoms with Gasteiger partial charge in [-0.3, -0.25) is 15.0 Å². The molecule has 7 heteroatoms. The summed E-state index contributed by atoms with van der Waals surface area (Å²) in [6, 6.07) is 13.2. The van der Waals surface area contributed by atoms with E-state index in [1.54, 1.807) is 6.07 Å². The van der Waals surface area contributed by atoms with Crippen LogP contribution in [0.1, 0.15) is 11.1 Å². The Bertz CT molecular complexity index is 831. The van der Waals surface area contributed by atoms with E-state index in [-0.39, 0.29) is 5.75 Å². The van der Waals surface area contributed by atoms with E-state index in [9.17, 15) is 15.2 Å². The number of benzene rings is 2. The summed E-state index contributed by atoms with van der Waals surface area (Å²) in [6.07, 6.45) is 4.36. The van der Waals surface area contributed by atoms with Crippen molar-refractivity contribution in [3.05, 3.63) is 69.8 Å². The van der Waals surface area contributed by atoms with E-state index in [4.69, 9.17) is 4.74 Å². The Labute approximate surface area is 164 Å². The summed E-state index contributed by atoms with van der Waals surface area (Å²) in [5.74, 6) is -0.643. The van der Waals surface area contributed by atoms with Crippen molar-refractivity contribution in [1.29, 1.82) is 0 Å². The zero-order chi connectivity index (χ0) is 19.9. The molecule has 28 heavy (non-hydrogen) atoms. The van der Waals surface area contributed by atoms with Crippen molar-refractivity contribution in [2.45, 2.75) is 6.54 Å². The van der Waals surface area contributed by atoms with E-state index in [1.165, 1.54) is 23.6 Å². The number of nitro groups is 1. The minimum absolute atomic E-state index is 0.0273. The highest BCUT2D eigenvalue weighted by molar-refractivity contribution is 5.56. The molecular formula is C21H25N3O4. The highest BCUT2D eigenvalue weighted by Gasteiger charge is 2.21. The largest absolute Gasteiger partial charge is 0.865 e. The third kappa shape index (κ3) is 5.09. The number of rotatable bonds is 7. The van der Waals surface area contributed by atoms with Gasteiger partial charge in [-0.1, -0.05) is 36.4 Å². The number of nitrogens with zero attached hydrogens (tertiary/aromatic N) is 2. The van der Waals surface area contributed by atoms with Crippen LogP contribution in [0.15, 0.2) is 48.5 Å². The molecule has 0 saturated carbocycles. The Morgan fingerprint density at radius 2 is 1.93 bits per heavy atom. The fraction of sp³-hybridized carbons (Fsp3) is 0.333. The molecule has 0 amide bonds. The van der Waals surface area contributed by atoms with Crippen LogP contribution in [0.4, 0.5) is 5.69 Å². The van der Waals surface area contributed by atoms with Gasteiger partial charge in [-0.15, -0.1) is 0 Å². The maximum absolute atomic E-state index is 11.9. The number of nitrogens with one attached hydrogen (secondary N) is 1. The van der Waals surface area contributed by atoms with E-state index in [2.05, 4.69) is 29.2 Å². The van der Waals surface area contributed by atoms with Crippen molar-refractivity contribution >= 4 is 11.8 Å². The highest BCUT2D eigenvalue weighted by Crippen LogP contribution is 2.34. The van der Waals surface area contributed by atoms with Crippen LogP contribution in [0.2, 0.25) is 0 Å². The van der Waals surface area contributed by atoms with Crippen molar-refractivity contribution in [1.82, 2.24) is 4.90 Å². The molecule has 3 rings (SSSR count). The number of ether oxygens (including phenoxy) is 1. The summed E-state index contributed by atoms with van der Waals surface area (Å²) in [4.78, 5) is 14.2. The van der Waals surface area contributed by atoms with Gasteiger partial charge in [0.05, 0.1) is 31.7 Å². The first kappa shape index (κ1) is 19.9. The Morgan fingerprint density at radius 3 is 2.57 bits per heavy atom. The lowest BCUT2D eigenvalue weighted by molar-refractivity contribution is -0.898. The minimum atomic E-state index is -0.671. The Morgan fingerprint density at radius 1 is 1.21 bits per heavy atom. The van der Waals surface area contributed by atoms with Crippen LogP contribution in [0, 0.1) is 10.1 Å². The van der Waals surface area contributed by atoms with Crippen molar-refractivity contribution in [3.63, 3.8) is 0 Å². The van der Waals surface area contributed by atoms with Gasteiger partial charge in [0.2, 0.25) is 0 Å². The molecule has 2 aromatic rings. The van der Waals surface area contributed by atoms with E-state index in [0.717, 1.165) is 38.3 Å². The molecule has 7 nitrogen and oxygen atoms in total. The Hall–Kier alpha value is -2.90. The lowest BCUT2D eigenvalue weighted by Crippen LogP contribution is -3.14. The Balaban J connectivity index is 1.53. The van der Waals surface area contributed by atoms with Crippen LogP contribution in [-0.4, -0.2) is 49.7 Å². The first-order chi connectivity index (χ1) is 13.6. The van der Waals surface area contributed by atoms with Gasteiger partial charge in [0.15, 0.2) is 0 Å². The zero-order valence-corrected chi connectivity index (χ0v) is 16.0. The van der Waals surface area contributed by atoms with Gasteiger partial charge in [-0.25, -0.2) is 0 Å². The predicted octanol–water partition coefficient (Wildman–Crippen LogP) is 1.09. The van der Waals surface area contributed by atoms with Crippen molar-refractivity contribution in [2.75, 3.05) is 39.8 Å². The third-order valence-corrected chi connectivity index (χ3v) is 5.00. The molecule has 148 valence electrons. The molecule has 0 spiro atoms. The summed E-state index contributed by atoms with van der Waals surface area (Å²) >= 11 is 0. The van der Waals surface area contributed by atoms with Gasteiger partial charge >= 0.3 is 0 Å². The number of hydrogen-bond acceptors (Lipinski definition) is 5. The molecule has 0 atom stereocenters. The van der Waals surface area contributed by atoms with Gasteiger partial charge in [0.25, 0.3) is 5.69 Å². The maximum atomic E-state index is 11.9. The summed E-state index contributed by atoms with van der Waals surface area (Å²) in [5.41, 5.74) is 1.51. The highest BCUT2D eigenvalue weighted by atomic mass is 16.6. The standard InChI is InChI=1S/C21H25N3O4/c1-28-20-15-18(14-19(21(20)25)24(26)27)16-23-12-10-22(11-13-23)9-5-8-17-6-3-2-4-7-17/h2-8,14-15,25H,9-13,16H2,1H3/b8-5+. The normalized spacial score (nSPS) is 15.8. The van der Waals surface area contributed by atoms with Gasteiger partial charge in [-0.05, 0) is 23.3 Å². The number of quaternary nitrogens is 1. The average molecular weight is 383 g/mol. The molecule has 0 aromatic heterocycles. The first-order valence-electron chi connectivity index (χ1n) is 9.36. The van der Waals surface area contributed by atoms with Crippen molar-refractivity contribution < 1.29 is 19.7 Å². The van der Waals surface area contributed by atoms with E-state index >= 15 is 0 Å². The van der Waals surface area contributed by atoms with Crippen LogP contribution >= 0.6 is 0 Å². The lowest BCUT2D eigenvalue weighted by atomic mass is 10.1. The van der Waals surface area contributed by atoms with Crippen LogP contribution in [0.3, 0.4) is 0 Å². The maximum Gasteiger partial charge on any atom is 0.265 e. The molecule has 0 aliphatic carbocycles. The monoisotopic (exact) mass is 383 g/mol. The molecule has 1 fully saturated rings. The zero-order valence-electron chi connectivity index (χ0n) is 16.0. The van der Waals surface area contributed by atoms with Crippen molar-refractivity contribution in [2.24, 2.45) is 0 Å².